The summed E-state index contributed by atoms with van der Waals surface area (Å²) in [5.41, 5.74) is 6.40. The van der Waals surface area contributed by atoms with Crippen molar-refractivity contribution in [2.45, 2.75) is 31.1 Å². The van der Waals surface area contributed by atoms with E-state index in [0.717, 1.165) is 36.1 Å². The fourth-order valence-electron chi connectivity index (χ4n) is 5.96. The predicted molar refractivity (Wildman–Crippen MR) is 111 cm³/mol. The van der Waals surface area contributed by atoms with Gasteiger partial charge in [-0.25, -0.2) is 0 Å². The first-order chi connectivity index (χ1) is 13.8. The van der Waals surface area contributed by atoms with Crippen molar-refractivity contribution < 1.29 is 9.53 Å². The topological polar surface area (TPSA) is 26.3 Å². The largest absolute Gasteiger partial charge is 0.496 e. The van der Waals surface area contributed by atoms with Crippen molar-refractivity contribution in [3.63, 3.8) is 0 Å². The summed E-state index contributed by atoms with van der Waals surface area (Å²) in [6, 6.07) is 19.2. The zero-order valence-corrected chi connectivity index (χ0v) is 15.9. The Bertz CT molecular complexity index is 1170. The number of carbonyl (C=O) groups excluding carboxylic acids is 1. The highest BCUT2D eigenvalue weighted by atomic mass is 16.5. The van der Waals surface area contributed by atoms with Crippen LogP contribution in [-0.2, 0) is 6.42 Å². The van der Waals surface area contributed by atoms with Gasteiger partial charge in [-0.3, -0.25) is 4.79 Å². The van der Waals surface area contributed by atoms with Gasteiger partial charge in [-0.05, 0) is 47.2 Å². The maximum atomic E-state index is 13.3. The van der Waals surface area contributed by atoms with E-state index in [1.54, 1.807) is 7.11 Å². The highest BCUT2D eigenvalue weighted by Gasteiger charge is 2.49. The van der Waals surface area contributed by atoms with Crippen LogP contribution >= 0.6 is 0 Å². The van der Waals surface area contributed by atoms with Gasteiger partial charge >= 0.3 is 0 Å². The van der Waals surface area contributed by atoms with Crippen LogP contribution in [0, 0.1) is 5.92 Å². The normalized spacial score (nSPS) is 24.8. The van der Waals surface area contributed by atoms with Gasteiger partial charge < -0.3 is 4.74 Å². The van der Waals surface area contributed by atoms with Crippen molar-refractivity contribution in [1.82, 2.24) is 0 Å². The molecule has 3 atom stereocenters. The van der Waals surface area contributed by atoms with Crippen LogP contribution in [0.2, 0.25) is 0 Å². The Balaban J connectivity index is 1.66. The summed E-state index contributed by atoms with van der Waals surface area (Å²) >= 11 is 0. The number of rotatable bonds is 1. The molecule has 0 radical (unpaired) electrons. The number of allylic oxidation sites excluding steroid dienone is 2. The molecule has 2 nitrogen and oxygen atoms in total. The Morgan fingerprint density at radius 2 is 1.82 bits per heavy atom. The van der Waals surface area contributed by atoms with Crippen LogP contribution in [0.1, 0.15) is 51.7 Å². The molecule has 0 bridgehead atoms. The number of aryl methyl sites for hydroxylation is 1. The zero-order valence-electron chi connectivity index (χ0n) is 15.9. The number of methoxy groups -OCH3 is 1. The van der Waals surface area contributed by atoms with Gasteiger partial charge in [-0.1, -0.05) is 60.2 Å². The third-order valence-corrected chi connectivity index (χ3v) is 7.10. The molecule has 0 aromatic heterocycles. The Hall–Kier alpha value is -2.87. The number of ketones is 1. The smallest absolute Gasteiger partial charge is 0.167 e. The molecule has 138 valence electrons. The van der Waals surface area contributed by atoms with Crippen LogP contribution in [0.25, 0.3) is 10.8 Å². The molecule has 6 rings (SSSR count). The van der Waals surface area contributed by atoms with Gasteiger partial charge in [0, 0.05) is 28.9 Å². The van der Waals surface area contributed by atoms with Crippen molar-refractivity contribution in [1.29, 1.82) is 0 Å². The second kappa shape index (κ2) is 5.81. The lowest BCUT2D eigenvalue weighted by molar-refractivity contribution is 0.0915. The van der Waals surface area contributed by atoms with Crippen molar-refractivity contribution in [3.05, 3.63) is 88.5 Å². The summed E-state index contributed by atoms with van der Waals surface area (Å²) in [6.07, 6.45) is 5.41. The van der Waals surface area contributed by atoms with Gasteiger partial charge in [-0.15, -0.1) is 0 Å². The van der Waals surface area contributed by atoms with Gasteiger partial charge in [0.05, 0.1) is 7.11 Å². The number of fused-ring (bicyclic) bond motifs is 9. The number of Topliss-reactive ketones (excluding diaryl/α,β-unsaturated/α-hetero) is 1. The number of hydrogen-bond acceptors (Lipinski definition) is 2. The van der Waals surface area contributed by atoms with Gasteiger partial charge in [-0.2, -0.15) is 0 Å². The summed E-state index contributed by atoms with van der Waals surface area (Å²) in [7, 11) is 1.72. The Morgan fingerprint density at radius 3 is 2.71 bits per heavy atom. The van der Waals surface area contributed by atoms with Gasteiger partial charge in [0.25, 0.3) is 0 Å². The molecule has 3 aliphatic rings. The monoisotopic (exact) mass is 366 g/mol. The number of benzene rings is 3. The Kier molecular flexibility index (Phi) is 3.35. The van der Waals surface area contributed by atoms with E-state index in [-0.39, 0.29) is 17.8 Å². The number of ether oxygens (including phenoxy) is 1. The van der Waals surface area contributed by atoms with E-state index in [9.17, 15) is 4.79 Å². The lowest BCUT2D eigenvalue weighted by Gasteiger charge is -2.40. The second-order valence-corrected chi connectivity index (χ2v) is 8.27. The van der Waals surface area contributed by atoms with Gasteiger partial charge in [0.1, 0.15) is 5.75 Å². The van der Waals surface area contributed by atoms with E-state index in [2.05, 4.69) is 42.5 Å². The average Bonchev–Trinajstić information content (AvgIpc) is 3.05. The van der Waals surface area contributed by atoms with Crippen LogP contribution < -0.4 is 4.74 Å². The number of hydrogen-bond donors (Lipinski definition) is 0. The molecule has 3 aromatic rings. The molecule has 0 N–H and O–H groups in total. The lowest BCUT2D eigenvalue weighted by atomic mass is 9.63. The third kappa shape index (κ3) is 2.01. The Labute approximate surface area is 164 Å². The van der Waals surface area contributed by atoms with E-state index in [4.69, 9.17) is 4.74 Å². The fraction of sp³-hybridized carbons (Fsp3) is 0.269. The maximum absolute atomic E-state index is 13.3. The lowest BCUT2D eigenvalue weighted by Crippen LogP contribution is -2.28. The van der Waals surface area contributed by atoms with Crippen LogP contribution in [0.4, 0.5) is 0 Å². The Morgan fingerprint density at radius 1 is 0.929 bits per heavy atom. The van der Waals surface area contributed by atoms with Crippen LogP contribution in [-0.4, -0.2) is 12.9 Å². The van der Waals surface area contributed by atoms with E-state index < -0.39 is 0 Å². The molecular weight excluding hydrogens is 344 g/mol. The zero-order chi connectivity index (χ0) is 18.8. The summed E-state index contributed by atoms with van der Waals surface area (Å²) in [4.78, 5) is 13.3. The van der Waals surface area contributed by atoms with Gasteiger partial charge in [0.15, 0.2) is 5.78 Å². The third-order valence-electron chi connectivity index (χ3n) is 7.10. The molecular formula is C26H22O2. The minimum Gasteiger partial charge on any atom is -0.496 e. The molecule has 0 aliphatic heterocycles. The van der Waals surface area contributed by atoms with Crippen LogP contribution in [0.15, 0.2) is 66.2 Å². The number of carbonyl (C=O) groups is 1. The first kappa shape index (κ1) is 16.1. The predicted octanol–water partition coefficient (Wildman–Crippen LogP) is 5.80. The first-order valence-electron chi connectivity index (χ1n) is 10.2. The van der Waals surface area contributed by atoms with E-state index in [0.29, 0.717) is 5.78 Å². The van der Waals surface area contributed by atoms with Gasteiger partial charge in [0.2, 0.25) is 0 Å². The van der Waals surface area contributed by atoms with E-state index in [1.807, 2.05) is 18.2 Å². The molecule has 2 heteroatoms. The van der Waals surface area contributed by atoms with Crippen molar-refractivity contribution in [2.24, 2.45) is 5.92 Å². The summed E-state index contributed by atoms with van der Waals surface area (Å²) in [5.74, 6) is 1.65. The molecule has 0 saturated heterocycles. The maximum Gasteiger partial charge on any atom is 0.167 e. The first-order valence-corrected chi connectivity index (χ1v) is 10.2. The van der Waals surface area contributed by atoms with E-state index >= 15 is 0 Å². The van der Waals surface area contributed by atoms with E-state index in [1.165, 1.54) is 27.5 Å². The highest BCUT2D eigenvalue weighted by molar-refractivity contribution is 6.05. The molecule has 3 aromatic carbocycles. The van der Waals surface area contributed by atoms with Crippen molar-refractivity contribution in [2.75, 3.05) is 7.11 Å². The molecule has 0 saturated carbocycles. The second-order valence-electron chi connectivity index (χ2n) is 8.27. The molecule has 0 heterocycles. The molecule has 0 amide bonds. The standard InChI is InChI=1S/C26H22O2/c1-28-21-8-4-7-19-24(21)25-20(26(19)27)14-13-17-12-11-16-10-9-15-5-2-3-6-18(15)22(16)23(17)25/h2-10,13,20,23,25H,11-12,14H2,1H3. The summed E-state index contributed by atoms with van der Waals surface area (Å²) in [6.45, 7) is 0. The quantitative estimate of drug-likeness (QED) is 0.508. The van der Waals surface area contributed by atoms with Crippen LogP contribution in [0.5, 0.6) is 5.75 Å². The minimum atomic E-state index is 0.0324. The minimum absolute atomic E-state index is 0.0324. The molecule has 0 fully saturated rings. The molecule has 0 spiro atoms. The SMILES string of the molecule is COc1cccc2c1C1C(CC=C3CCc4ccc5ccccc5c4C31)C2=O. The van der Waals surface area contributed by atoms with Crippen LogP contribution in [0.3, 0.4) is 0 Å². The van der Waals surface area contributed by atoms with Crippen molar-refractivity contribution in [3.8, 4) is 5.75 Å². The summed E-state index contributed by atoms with van der Waals surface area (Å²) in [5, 5.41) is 2.63. The molecule has 3 aliphatic carbocycles. The molecule has 3 unspecified atom stereocenters. The highest BCUT2D eigenvalue weighted by Crippen LogP contribution is 2.59. The average molecular weight is 366 g/mol. The fourth-order valence-corrected chi connectivity index (χ4v) is 5.96. The van der Waals surface area contributed by atoms with Crippen molar-refractivity contribution >= 4 is 16.6 Å². The summed E-state index contributed by atoms with van der Waals surface area (Å²) < 4.78 is 5.74. The molecule has 28 heavy (non-hydrogen) atoms.